The van der Waals surface area contributed by atoms with Crippen molar-refractivity contribution in [1.29, 1.82) is 0 Å². The van der Waals surface area contributed by atoms with E-state index in [2.05, 4.69) is 24.1 Å². The molecule has 0 bridgehead atoms. The van der Waals surface area contributed by atoms with E-state index in [9.17, 15) is 0 Å². The molecule has 0 aliphatic rings. The highest BCUT2D eigenvalue weighted by molar-refractivity contribution is 7.09. The zero-order valence-corrected chi connectivity index (χ0v) is 7.11. The molecule has 0 fully saturated rings. The van der Waals surface area contributed by atoms with Gasteiger partial charge in [0.2, 0.25) is 0 Å². The molecule has 0 aliphatic carbocycles. The van der Waals surface area contributed by atoms with Gasteiger partial charge in [0, 0.05) is 11.6 Å². The predicted octanol–water partition coefficient (Wildman–Crippen LogP) is 1.81. The minimum Gasteiger partial charge on any atom is -0.308 e. The molecule has 1 rings (SSSR count). The van der Waals surface area contributed by atoms with E-state index in [4.69, 9.17) is 0 Å². The molecule has 0 saturated carbocycles. The summed E-state index contributed by atoms with van der Waals surface area (Å²) < 4.78 is 0. The van der Waals surface area contributed by atoms with E-state index in [1.807, 2.05) is 11.6 Å². The molecular formula is C7H12N2S. The van der Waals surface area contributed by atoms with Crippen LogP contribution in [0, 0.1) is 0 Å². The van der Waals surface area contributed by atoms with Gasteiger partial charge in [0.05, 0.1) is 6.04 Å². The molecule has 0 aliphatic heterocycles. The molecule has 56 valence electrons. The van der Waals surface area contributed by atoms with Crippen molar-refractivity contribution < 1.29 is 0 Å². The van der Waals surface area contributed by atoms with E-state index in [1.165, 1.54) is 5.01 Å². The van der Waals surface area contributed by atoms with Gasteiger partial charge in [-0.05, 0) is 13.5 Å². The largest absolute Gasteiger partial charge is 0.308 e. The Morgan fingerprint density at radius 2 is 2.60 bits per heavy atom. The van der Waals surface area contributed by atoms with Gasteiger partial charge in [-0.1, -0.05) is 6.92 Å². The lowest BCUT2D eigenvalue weighted by Crippen LogP contribution is -2.17. The molecule has 1 N–H and O–H groups in total. The van der Waals surface area contributed by atoms with Gasteiger partial charge >= 0.3 is 0 Å². The van der Waals surface area contributed by atoms with Crippen LogP contribution < -0.4 is 5.32 Å². The maximum absolute atomic E-state index is 4.19. The average molecular weight is 156 g/mol. The molecule has 0 saturated heterocycles. The van der Waals surface area contributed by atoms with E-state index in [0.29, 0.717) is 6.04 Å². The third-order valence-electron chi connectivity index (χ3n) is 1.33. The minimum atomic E-state index is 0.407. The Hall–Kier alpha value is -0.410. The molecule has 1 aromatic rings. The van der Waals surface area contributed by atoms with Crippen molar-refractivity contribution in [3.8, 4) is 0 Å². The molecule has 1 unspecified atom stereocenters. The smallest absolute Gasteiger partial charge is 0.109 e. The Kier molecular flexibility index (Phi) is 2.83. The van der Waals surface area contributed by atoms with Crippen LogP contribution in [-0.2, 0) is 0 Å². The highest BCUT2D eigenvalue weighted by Gasteiger charge is 2.03. The number of nitrogens with one attached hydrogen (secondary N) is 1. The Morgan fingerprint density at radius 1 is 1.80 bits per heavy atom. The van der Waals surface area contributed by atoms with Crippen LogP contribution in [0.5, 0.6) is 0 Å². The van der Waals surface area contributed by atoms with Crippen LogP contribution in [0.4, 0.5) is 0 Å². The Bertz CT molecular complexity index is 172. The minimum absolute atomic E-state index is 0.407. The van der Waals surface area contributed by atoms with Crippen molar-refractivity contribution in [2.75, 3.05) is 6.54 Å². The summed E-state index contributed by atoms with van der Waals surface area (Å²) in [7, 11) is 0. The van der Waals surface area contributed by atoms with Gasteiger partial charge in [-0.2, -0.15) is 0 Å². The van der Waals surface area contributed by atoms with Crippen LogP contribution in [0.15, 0.2) is 11.6 Å². The zero-order valence-electron chi connectivity index (χ0n) is 6.29. The average Bonchev–Trinajstić information content (AvgIpc) is 2.38. The van der Waals surface area contributed by atoms with Crippen molar-refractivity contribution in [2.24, 2.45) is 0 Å². The normalized spacial score (nSPS) is 13.4. The summed E-state index contributed by atoms with van der Waals surface area (Å²) in [5.74, 6) is 0. The van der Waals surface area contributed by atoms with Crippen LogP contribution in [0.3, 0.4) is 0 Å². The van der Waals surface area contributed by atoms with E-state index < -0.39 is 0 Å². The summed E-state index contributed by atoms with van der Waals surface area (Å²) in [6.45, 7) is 5.23. The van der Waals surface area contributed by atoms with E-state index in [1.54, 1.807) is 11.3 Å². The maximum atomic E-state index is 4.19. The molecule has 3 heteroatoms. The lowest BCUT2D eigenvalue weighted by molar-refractivity contribution is 0.595. The lowest BCUT2D eigenvalue weighted by atomic mass is 10.3. The highest BCUT2D eigenvalue weighted by atomic mass is 32.1. The van der Waals surface area contributed by atoms with Crippen molar-refractivity contribution in [3.63, 3.8) is 0 Å². The highest BCUT2D eigenvalue weighted by Crippen LogP contribution is 2.13. The standard InChI is InChI=1S/C7H12N2S/c1-3-8-6(2)7-9-4-5-10-7/h4-6,8H,3H2,1-2H3. The van der Waals surface area contributed by atoms with Gasteiger partial charge < -0.3 is 5.32 Å². The first-order chi connectivity index (χ1) is 4.84. The third-order valence-corrected chi connectivity index (χ3v) is 2.29. The maximum Gasteiger partial charge on any atom is 0.109 e. The second-order valence-electron chi connectivity index (χ2n) is 2.15. The van der Waals surface area contributed by atoms with Crippen LogP contribution in [-0.4, -0.2) is 11.5 Å². The molecular weight excluding hydrogens is 144 g/mol. The molecule has 1 aromatic heterocycles. The molecule has 0 amide bonds. The fraction of sp³-hybridized carbons (Fsp3) is 0.571. The summed E-state index contributed by atoms with van der Waals surface area (Å²) in [6, 6.07) is 0.407. The molecule has 0 spiro atoms. The van der Waals surface area contributed by atoms with Gasteiger partial charge in [0.15, 0.2) is 0 Å². The van der Waals surface area contributed by atoms with Crippen molar-refractivity contribution in [2.45, 2.75) is 19.9 Å². The quantitative estimate of drug-likeness (QED) is 0.722. The van der Waals surface area contributed by atoms with Crippen LogP contribution in [0.25, 0.3) is 0 Å². The van der Waals surface area contributed by atoms with Crippen LogP contribution in [0.2, 0.25) is 0 Å². The Labute approximate surface area is 65.3 Å². The Balaban J connectivity index is 2.50. The third kappa shape index (κ3) is 1.78. The Morgan fingerprint density at radius 3 is 3.10 bits per heavy atom. The van der Waals surface area contributed by atoms with Crippen molar-refractivity contribution >= 4 is 11.3 Å². The number of hydrogen-bond donors (Lipinski definition) is 1. The number of nitrogens with zero attached hydrogens (tertiary/aromatic N) is 1. The summed E-state index contributed by atoms with van der Waals surface area (Å²) in [5.41, 5.74) is 0. The first kappa shape index (κ1) is 7.69. The number of thiazole rings is 1. The monoisotopic (exact) mass is 156 g/mol. The number of aromatic nitrogens is 1. The molecule has 2 nitrogen and oxygen atoms in total. The van der Waals surface area contributed by atoms with Gasteiger partial charge in [0.25, 0.3) is 0 Å². The summed E-state index contributed by atoms with van der Waals surface area (Å²) in [6.07, 6.45) is 1.84. The van der Waals surface area contributed by atoms with Gasteiger partial charge in [-0.15, -0.1) is 11.3 Å². The predicted molar refractivity (Wildman–Crippen MR) is 44.2 cm³/mol. The van der Waals surface area contributed by atoms with Gasteiger partial charge in [-0.25, -0.2) is 4.98 Å². The molecule has 1 atom stereocenters. The second kappa shape index (κ2) is 3.68. The van der Waals surface area contributed by atoms with E-state index in [-0.39, 0.29) is 0 Å². The molecule has 1 heterocycles. The SMILES string of the molecule is CCNC(C)c1nccs1. The molecule has 0 radical (unpaired) electrons. The van der Waals surface area contributed by atoms with Crippen molar-refractivity contribution in [1.82, 2.24) is 10.3 Å². The van der Waals surface area contributed by atoms with Gasteiger partial charge in [0.1, 0.15) is 5.01 Å². The second-order valence-corrected chi connectivity index (χ2v) is 3.08. The van der Waals surface area contributed by atoms with E-state index >= 15 is 0 Å². The van der Waals surface area contributed by atoms with E-state index in [0.717, 1.165) is 6.54 Å². The first-order valence-electron chi connectivity index (χ1n) is 3.47. The topological polar surface area (TPSA) is 24.9 Å². The fourth-order valence-corrected chi connectivity index (χ4v) is 1.51. The number of rotatable bonds is 3. The summed E-state index contributed by atoms with van der Waals surface area (Å²) in [4.78, 5) is 4.19. The summed E-state index contributed by atoms with van der Waals surface area (Å²) >= 11 is 1.70. The summed E-state index contributed by atoms with van der Waals surface area (Å²) in [5, 5.41) is 6.47. The van der Waals surface area contributed by atoms with Gasteiger partial charge in [-0.3, -0.25) is 0 Å². The number of hydrogen-bond acceptors (Lipinski definition) is 3. The van der Waals surface area contributed by atoms with Crippen LogP contribution in [0.1, 0.15) is 24.9 Å². The zero-order chi connectivity index (χ0) is 7.40. The fourth-order valence-electron chi connectivity index (χ4n) is 0.842. The van der Waals surface area contributed by atoms with Crippen molar-refractivity contribution in [3.05, 3.63) is 16.6 Å². The van der Waals surface area contributed by atoms with Crippen LogP contribution >= 0.6 is 11.3 Å². The molecule has 10 heavy (non-hydrogen) atoms. The first-order valence-corrected chi connectivity index (χ1v) is 4.35. The lowest BCUT2D eigenvalue weighted by Gasteiger charge is -2.06. The molecule has 0 aromatic carbocycles.